The summed E-state index contributed by atoms with van der Waals surface area (Å²) in [6, 6.07) is 0. The highest BCUT2D eigenvalue weighted by molar-refractivity contribution is 5.88. The number of fused-ring (bicyclic) bond motifs is 7. The van der Waals surface area contributed by atoms with Gasteiger partial charge >= 0.3 is 17.9 Å². The molecule has 4 saturated carbocycles. The zero-order valence-electron chi connectivity index (χ0n) is 87.2. The van der Waals surface area contributed by atoms with Crippen LogP contribution in [0.3, 0.4) is 0 Å². The number of allylic oxidation sites excluding steroid dienone is 4. The number of carbonyl (C=O) groups is 3. The second kappa shape index (κ2) is 47.4. The van der Waals surface area contributed by atoms with E-state index in [9.17, 15) is 132 Å². The van der Waals surface area contributed by atoms with Gasteiger partial charge in [0.1, 0.15) is 182 Å². The molecular weight excluding hydrogens is 1990 g/mol. The number of aliphatic hydroxyl groups excluding tert-OH is 25. The molecule has 150 heavy (non-hydrogen) atoms. The average molecular weight is 2160 g/mol. The van der Waals surface area contributed by atoms with Crippen LogP contribution in [0.15, 0.2) is 60.3 Å². The lowest BCUT2D eigenvalue weighted by Gasteiger charge is -2.72. The van der Waals surface area contributed by atoms with E-state index in [-0.39, 0.29) is 67.9 Å². The van der Waals surface area contributed by atoms with Crippen LogP contribution >= 0.6 is 0 Å². The van der Waals surface area contributed by atoms with Crippen LogP contribution in [0.4, 0.5) is 0 Å². The van der Waals surface area contributed by atoms with Gasteiger partial charge in [0.2, 0.25) is 6.29 Å². The van der Waals surface area contributed by atoms with Crippen LogP contribution in [0.2, 0.25) is 0 Å². The van der Waals surface area contributed by atoms with Crippen molar-refractivity contribution in [2.45, 2.75) is 475 Å². The standard InChI is InChI=1S/C102H162O48/c1-18-97(13,149-89-75(125)65(115)58(108)42(5)134-89)29-21-23-41(4)84(129)143-78-44(7)137-90(77(127)71(78)121)150-98(14,19-2)28-20-22-40(3)83(128)141-57-34-102(94(130)148-93-82(68(118)63(113)51(36-104)139-93)146-87-76(126)70(120)79(45(8)136-87)144-85-72(122)60(110)48(105)37-131-85)47(32-95(57,9)10)46-24-25-54-99(15)30-27-56(96(11,12)53(99)26-31-100(54,16)101(46,17)33-55(102)107)142-92-81(147-88-74(124)66(116)62(112)50(35-103)138-88)69(119)64(114)52(140-92)39-133-91-80(67(117)59(109)43(6)135-91)145-86-73(123)61(111)49(106)38-132-86/h18-19,22-24,42-45,47-82,85-93,103-127H,1-2,20-21,25-39H2,3-17H3. The van der Waals surface area contributed by atoms with E-state index in [1.54, 1.807) is 26.0 Å². The molecule has 13 fully saturated rings. The number of carbonyl (C=O) groups excluding carboxylic acids is 3. The Morgan fingerprint density at radius 3 is 1.39 bits per heavy atom. The van der Waals surface area contributed by atoms with Crippen LogP contribution in [0.1, 0.15) is 181 Å². The number of rotatable bonds is 33. The van der Waals surface area contributed by atoms with Gasteiger partial charge in [0, 0.05) is 23.0 Å². The molecule has 9 saturated heterocycles. The van der Waals surface area contributed by atoms with Crippen molar-refractivity contribution >= 4 is 17.9 Å². The minimum absolute atomic E-state index is 0.00236. The summed E-state index contributed by atoms with van der Waals surface area (Å²) in [5, 5.41) is 280. The molecule has 55 unspecified atom stereocenters. The molecule has 0 spiro atoms. The minimum Gasteiger partial charge on any atom is -0.458 e. The number of hydrogen-bond acceptors (Lipinski definition) is 48. The van der Waals surface area contributed by atoms with E-state index in [0.29, 0.717) is 25.7 Å². The van der Waals surface area contributed by atoms with Crippen molar-refractivity contribution < 1.29 is 237 Å². The SMILES string of the molecule is C=CC(C)(CCC=C(C)C(=O)OC1C(C)OC(OC(C)(C=C)CCC=C(C)C(=O)OC2CC3(C(=O)OC4OC(CO)C(O)C(O)C4OC4OC(C)C(OC5OCC(O)C(O)C5O)C(O)C4O)C(O)CC4(C)C(=CCC5C6(C)CCC(OC7OC(COC8OC(C)C(O)C(O)C8OC8OCC(O)C(O)C8O)C(O)C(O)C7OC7OC(CO)C(O)C(O)C7O)C(C)(C)C6CCC54C)C3CC2(C)C)C(O)C1O)OC1OC(C)C(O)C(O)C1O. The summed E-state index contributed by atoms with van der Waals surface area (Å²) in [5.74, 6) is -4.41. The lowest BCUT2D eigenvalue weighted by molar-refractivity contribution is -0.385. The van der Waals surface area contributed by atoms with Crippen molar-refractivity contribution in [1.29, 1.82) is 0 Å². The van der Waals surface area contributed by atoms with Gasteiger partial charge in [-0.05, 0) is 165 Å². The lowest BCUT2D eigenvalue weighted by atomic mass is 9.33. The Bertz CT molecular complexity index is 4640. The quantitative estimate of drug-likeness (QED) is 0.00960. The van der Waals surface area contributed by atoms with Crippen molar-refractivity contribution in [1.82, 2.24) is 0 Å². The van der Waals surface area contributed by atoms with Gasteiger partial charge < -0.3 is 222 Å². The third-order valence-electron chi connectivity index (χ3n) is 35.6. The lowest BCUT2D eigenvalue weighted by Crippen LogP contribution is -2.70. The first-order chi connectivity index (χ1) is 70.2. The molecule has 55 atom stereocenters. The van der Waals surface area contributed by atoms with E-state index in [1.807, 2.05) is 27.7 Å². The predicted octanol–water partition coefficient (Wildman–Crippen LogP) is -5.16. The minimum atomic E-state index is -2.17. The molecule has 0 amide bonds. The third kappa shape index (κ3) is 23.3. The molecule has 9 aliphatic heterocycles. The van der Waals surface area contributed by atoms with Gasteiger partial charge in [0.05, 0.1) is 80.9 Å². The monoisotopic (exact) mass is 2160 g/mol. The van der Waals surface area contributed by atoms with E-state index in [0.717, 1.165) is 5.57 Å². The third-order valence-corrected chi connectivity index (χ3v) is 35.6. The maximum atomic E-state index is 16.7. The first-order valence-corrected chi connectivity index (χ1v) is 52.1. The van der Waals surface area contributed by atoms with Gasteiger partial charge in [0.25, 0.3) is 0 Å². The second-order valence-electron chi connectivity index (χ2n) is 46.2. The summed E-state index contributed by atoms with van der Waals surface area (Å²) >= 11 is 0. The highest BCUT2D eigenvalue weighted by Crippen LogP contribution is 2.77. The Balaban J connectivity index is 0.710. The smallest absolute Gasteiger partial charge is 0.333 e. The van der Waals surface area contributed by atoms with Gasteiger partial charge in [-0.2, -0.15) is 0 Å². The molecule has 14 aliphatic rings. The Morgan fingerprint density at radius 2 is 0.833 bits per heavy atom. The first kappa shape index (κ1) is 121. The van der Waals surface area contributed by atoms with Gasteiger partial charge in [-0.1, -0.05) is 84.4 Å². The van der Waals surface area contributed by atoms with Gasteiger partial charge in [-0.3, -0.25) is 4.79 Å². The normalized spacial score (nSPS) is 49.7. The van der Waals surface area contributed by atoms with Gasteiger partial charge in [-0.25, -0.2) is 9.59 Å². The van der Waals surface area contributed by atoms with Crippen LogP contribution in [-0.4, -0.2) is 472 Å². The Kier molecular flexibility index (Phi) is 38.2. The Labute approximate surface area is 869 Å². The van der Waals surface area contributed by atoms with Crippen molar-refractivity contribution in [2.75, 3.05) is 33.0 Å². The molecule has 858 valence electrons. The summed E-state index contributed by atoms with van der Waals surface area (Å²) in [7, 11) is 0. The zero-order valence-corrected chi connectivity index (χ0v) is 87.2. The molecule has 48 nitrogen and oxygen atoms in total. The average Bonchev–Trinajstić information content (AvgIpc) is 0.665. The largest absolute Gasteiger partial charge is 0.458 e. The molecule has 25 N–H and O–H groups in total. The summed E-state index contributed by atoms with van der Waals surface area (Å²) < 4.78 is 122. The highest BCUT2D eigenvalue weighted by Gasteiger charge is 2.75. The number of hydrogen-bond donors (Lipinski definition) is 25. The van der Waals surface area contributed by atoms with E-state index in [1.165, 1.54) is 53.7 Å². The van der Waals surface area contributed by atoms with Crippen molar-refractivity contribution in [3.63, 3.8) is 0 Å². The van der Waals surface area contributed by atoms with Gasteiger partial charge in [-0.15, -0.1) is 13.2 Å². The number of esters is 3. The van der Waals surface area contributed by atoms with Crippen LogP contribution in [0.25, 0.3) is 0 Å². The van der Waals surface area contributed by atoms with Crippen LogP contribution in [-0.2, 0) is 109 Å². The van der Waals surface area contributed by atoms with Gasteiger partial charge in [0.15, 0.2) is 62.5 Å². The fraction of sp³-hybridized carbons (Fsp3) is 0.873. The van der Waals surface area contributed by atoms with Crippen molar-refractivity contribution in [3.05, 3.63) is 60.3 Å². The second-order valence-corrected chi connectivity index (χ2v) is 46.2. The van der Waals surface area contributed by atoms with E-state index >= 15 is 9.59 Å². The van der Waals surface area contributed by atoms with E-state index < -0.39 is 389 Å². The summed E-state index contributed by atoms with van der Waals surface area (Å²) in [5.41, 5.74) is -8.17. The molecule has 0 radical (unpaired) electrons. The molecule has 0 bridgehead atoms. The predicted molar refractivity (Wildman–Crippen MR) is 506 cm³/mol. The molecule has 5 aliphatic carbocycles. The van der Waals surface area contributed by atoms with E-state index in [4.69, 9.17) is 94.7 Å². The number of ether oxygens (including phenoxy) is 20. The maximum Gasteiger partial charge on any atom is 0.333 e. The number of aliphatic hydroxyl groups is 25. The zero-order chi connectivity index (χ0) is 110. The molecular formula is C102H162O48. The highest BCUT2D eigenvalue weighted by atomic mass is 16.8. The van der Waals surface area contributed by atoms with Crippen LogP contribution < -0.4 is 0 Å². The first-order valence-electron chi connectivity index (χ1n) is 52.1. The molecule has 0 aromatic carbocycles. The molecule has 0 aromatic heterocycles. The van der Waals surface area contributed by atoms with Crippen molar-refractivity contribution in [3.8, 4) is 0 Å². The summed E-state index contributed by atoms with van der Waals surface area (Å²) in [4.78, 5) is 45.4. The molecule has 0 aromatic rings. The fourth-order valence-electron chi connectivity index (χ4n) is 25.5. The topological polar surface area (TPSA) is 742 Å². The summed E-state index contributed by atoms with van der Waals surface area (Å²) in [6.45, 7) is 30.4. The summed E-state index contributed by atoms with van der Waals surface area (Å²) in [6.07, 6.45) is -67.2. The van der Waals surface area contributed by atoms with Crippen LogP contribution in [0, 0.1) is 50.2 Å². The molecule has 48 heteroatoms. The Morgan fingerprint density at radius 1 is 0.413 bits per heavy atom. The molecule has 14 rings (SSSR count). The van der Waals surface area contributed by atoms with Crippen LogP contribution in [0.5, 0.6) is 0 Å². The Hall–Kier alpha value is -4.57. The maximum absolute atomic E-state index is 16.7. The molecule has 9 heterocycles. The van der Waals surface area contributed by atoms with E-state index in [2.05, 4.69) is 40.0 Å². The van der Waals surface area contributed by atoms with Crippen molar-refractivity contribution in [2.24, 2.45) is 50.2 Å². The fourth-order valence-corrected chi connectivity index (χ4v) is 25.5.